The van der Waals surface area contributed by atoms with E-state index < -0.39 is 11.9 Å². The van der Waals surface area contributed by atoms with Crippen LogP contribution < -0.4 is 5.32 Å². The average molecular weight is 173 g/mol. The molecule has 0 aromatic heterocycles. The van der Waals surface area contributed by atoms with Crippen LogP contribution >= 0.6 is 0 Å². The lowest BCUT2D eigenvalue weighted by molar-refractivity contribution is -0.0306. The fourth-order valence-electron chi connectivity index (χ4n) is 1.33. The van der Waals surface area contributed by atoms with Gasteiger partial charge >= 0.3 is 6.05 Å². The topological polar surface area (TPSA) is 12.0 Å². The van der Waals surface area contributed by atoms with Crippen molar-refractivity contribution in [1.82, 2.24) is 5.32 Å². The van der Waals surface area contributed by atoms with Gasteiger partial charge in [0.25, 0.3) is 0 Å². The number of hydrogen-bond donors (Lipinski definition) is 1. The summed E-state index contributed by atoms with van der Waals surface area (Å²) in [6, 6.07) is 0.632. The largest absolute Gasteiger partial charge is 0.330 e. The van der Waals surface area contributed by atoms with Crippen LogP contribution in [0.1, 0.15) is 11.1 Å². The van der Waals surface area contributed by atoms with E-state index in [0.717, 1.165) is 0 Å². The molecule has 4 heteroatoms. The molecule has 1 heterocycles. The van der Waals surface area contributed by atoms with Crippen molar-refractivity contribution in [2.45, 2.75) is 12.6 Å². The van der Waals surface area contributed by atoms with Gasteiger partial charge in [0, 0.05) is 17.7 Å². The minimum Gasteiger partial charge on any atom is -0.250 e. The molecule has 0 unspecified atom stereocenters. The fourth-order valence-corrected chi connectivity index (χ4v) is 1.33. The van der Waals surface area contributed by atoms with Crippen LogP contribution in [0.15, 0.2) is 18.2 Å². The quantitative estimate of drug-likeness (QED) is 0.591. The van der Waals surface area contributed by atoms with Crippen LogP contribution in [0.2, 0.25) is 0 Å². The van der Waals surface area contributed by atoms with Crippen LogP contribution in [0.3, 0.4) is 0 Å². The molecule has 1 aliphatic heterocycles. The Bertz CT molecular complexity index is 322. The number of nitrogens with one attached hydrogen (secondary N) is 1. The molecular weight excluding hydrogens is 167 g/mol. The average Bonchev–Trinajstić information content (AvgIpc) is 2.30. The van der Waals surface area contributed by atoms with Crippen molar-refractivity contribution >= 4 is 0 Å². The first kappa shape index (κ1) is 7.61. The zero-order valence-electron chi connectivity index (χ0n) is 6.07. The summed E-state index contributed by atoms with van der Waals surface area (Å²) in [6.07, 6.45) is 0. The Labute approximate surface area is 67.2 Å². The van der Waals surface area contributed by atoms with Crippen molar-refractivity contribution in [3.8, 4) is 0 Å². The van der Waals surface area contributed by atoms with Gasteiger partial charge in [-0.3, -0.25) is 0 Å². The third-order valence-corrected chi connectivity index (χ3v) is 1.94. The van der Waals surface area contributed by atoms with Crippen LogP contribution in [0.5, 0.6) is 0 Å². The molecule has 1 nitrogen and oxygen atoms in total. The Morgan fingerprint density at radius 1 is 1.33 bits per heavy atom. The summed E-state index contributed by atoms with van der Waals surface area (Å²) >= 11 is 0. The monoisotopic (exact) mass is 173 g/mol. The summed E-state index contributed by atoms with van der Waals surface area (Å²) in [4.78, 5) is 0. The third kappa shape index (κ3) is 0.914. The Hall–Kier alpha value is -1.03. The van der Waals surface area contributed by atoms with E-state index >= 15 is 0 Å². The Morgan fingerprint density at radius 2 is 2.08 bits per heavy atom. The number of rotatable bonds is 0. The number of hydrogen-bond acceptors (Lipinski definition) is 1. The third-order valence-electron chi connectivity index (χ3n) is 1.94. The first-order chi connectivity index (χ1) is 5.61. The van der Waals surface area contributed by atoms with Gasteiger partial charge in [0.05, 0.1) is 0 Å². The Morgan fingerprint density at radius 3 is 2.75 bits per heavy atom. The second-order valence-electron chi connectivity index (χ2n) is 2.69. The smallest absolute Gasteiger partial charge is 0.250 e. The van der Waals surface area contributed by atoms with Gasteiger partial charge < -0.3 is 0 Å². The molecule has 0 bridgehead atoms. The maximum Gasteiger partial charge on any atom is 0.330 e. The van der Waals surface area contributed by atoms with E-state index in [1.807, 2.05) is 5.32 Å². The molecule has 12 heavy (non-hydrogen) atoms. The van der Waals surface area contributed by atoms with Crippen molar-refractivity contribution in [3.05, 3.63) is 35.1 Å². The molecule has 0 amide bonds. The van der Waals surface area contributed by atoms with Gasteiger partial charge in [0.15, 0.2) is 0 Å². The summed E-state index contributed by atoms with van der Waals surface area (Å²) in [6.45, 7) is -0.102. The highest BCUT2D eigenvalue weighted by Crippen LogP contribution is 2.34. The van der Waals surface area contributed by atoms with Gasteiger partial charge in [-0.05, 0) is 6.07 Å². The predicted molar refractivity (Wildman–Crippen MR) is 37.1 cm³/mol. The maximum atomic E-state index is 12.9. The van der Waals surface area contributed by atoms with Gasteiger partial charge in [-0.2, -0.15) is 8.78 Å². The highest BCUT2D eigenvalue weighted by Gasteiger charge is 2.39. The second-order valence-corrected chi connectivity index (χ2v) is 2.69. The first-order valence-corrected chi connectivity index (χ1v) is 3.52. The molecule has 0 saturated carbocycles. The van der Waals surface area contributed by atoms with Crippen LogP contribution in [0.25, 0.3) is 0 Å². The molecule has 1 N–H and O–H groups in total. The van der Waals surface area contributed by atoms with Crippen molar-refractivity contribution in [3.63, 3.8) is 0 Å². The summed E-state index contributed by atoms with van der Waals surface area (Å²) in [5.74, 6) is -0.572. The van der Waals surface area contributed by atoms with Crippen LogP contribution in [0, 0.1) is 5.82 Å². The summed E-state index contributed by atoms with van der Waals surface area (Å²) in [5, 5.41) is 1.93. The molecule has 0 saturated heterocycles. The molecule has 1 aromatic rings. The highest BCUT2D eigenvalue weighted by atomic mass is 19.3. The van der Waals surface area contributed by atoms with Gasteiger partial charge in [0.2, 0.25) is 0 Å². The molecule has 0 spiro atoms. The number of alkyl halides is 2. The maximum absolute atomic E-state index is 12.9. The van der Waals surface area contributed by atoms with E-state index in [9.17, 15) is 13.2 Å². The van der Waals surface area contributed by atoms with Gasteiger partial charge in [0.1, 0.15) is 5.82 Å². The molecular formula is C8H6F3N. The predicted octanol–water partition coefficient (Wildman–Crippen LogP) is 1.98. The minimum atomic E-state index is -3.07. The first-order valence-electron chi connectivity index (χ1n) is 3.52. The van der Waals surface area contributed by atoms with Crippen LogP contribution in [0.4, 0.5) is 13.2 Å². The Balaban J connectivity index is 2.61. The van der Waals surface area contributed by atoms with E-state index in [1.54, 1.807) is 0 Å². The minimum absolute atomic E-state index is 0.0718. The molecule has 0 aliphatic carbocycles. The number of fused-ring (bicyclic) bond motifs is 1. The summed E-state index contributed by atoms with van der Waals surface area (Å²) in [5.41, 5.74) is -0.176. The molecule has 64 valence electrons. The molecule has 2 rings (SSSR count). The SMILES string of the molecule is Fc1cccc2c1CNC2(F)F. The molecule has 0 atom stereocenters. The van der Waals surface area contributed by atoms with Crippen molar-refractivity contribution < 1.29 is 13.2 Å². The lowest BCUT2D eigenvalue weighted by atomic mass is 10.1. The zero-order valence-corrected chi connectivity index (χ0v) is 6.07. The summed E-state index contributed by atoms with van der Waals surface area (Å²) < 4.78 is 38.5. The van der Waals surface area contributed by atoms with Crippen LogP contribution in [-0.2, 0) is 12.6 Å². The van der Waals surface area contributed by atoms with E-state index in [4.69, 9.17) is 0 Å². The molecule has 0 radical (unpaired) electrons. The van der Waals surface area contributed by atoms with E-state index in [2.05, 4.69) is 0 Å². The summed E-state index contributed by atoms with van der Waals surface area (Å²) in [7, 11) is 0. The van der Waals surface area contributed by atoms with Crippen molar-refractivity contribution in [2.24, 2.45) is 0 Å². The fraction of sp³-hybridized carbons (Fsp3) is 0.250. The van der Waals surface area contributed by atoms with Crippen molar-refractivity contribution in [1.29, 1.82) is 0 Å². The zero-order chi connectivity index (χ0) is 8.77. The lowest BCUT2D eigenvalue weighted by Gasteiger charge is -2.08. The number of benzene rings is 1. The van der Waals surface area contributed by atoms with Crippen LogP contribution in [-0.4, -0.2) is 0 Å². The van der Waals surface area contributed by atoms with Crippen molar-refractivity contribution in [2.75, 3.05) is 0 Å². The number of halogens is 3. The highest BCUT2D eigenvalue weighted by molar-refractivity contribution is 5.35. The van der Waals surface area contributed by atoms with E-state index in [0.29, 0.717) is 0 Å². The Kier molecular flexibility index (Phi) is 1.41. The molecule has 1 aliphatic rings. The van der Waals surface area contributed by atoms with E-state index in [1.165, 1.54) is 18.2 Å². The molecule has 0 fully saturated rings. The normalized spacial score (nSPS) is 19.2. The second kappa shape index (κ2) is 2.23. The standard InChI is InChI=1S/C8H6F3N/c9-7-3-1-2-6-5(7)4-12-8(6,10)11/h1-3,12H,4H2. The lowest BCUT2D eigenvalue weighted by Crippen LogP contribution is -2.25. The molecule has 1 aromatic carbocycles. The van der Waals surface area contributed by atoms with E-state index in [-0.39, 0.29) is 17.7 Å². The van der Waals surface area contributed by atoms with Gasteiger partial charge in [-0.1, -0.05) is 12.1 Å². The van der Waals surface area contributed by atoms with Gasteiger partial charge in [-0.15, -0.1) is 0 Å². The van der Waals surface area contributed by atoms with Gasteiger partial charge in [-0.25, -0.2) is 9.71 Å².